The van der Waals surface area contributed by atoms with Crippen LogP contribution in [0.3, 0.4) is 0 Å². The lowest BCUT2D eigenvalue weighted by Gasteiger charge is -2.30. The SMILES string of the molecule is CC(C)[C@@H](C(=O)[O-])N1C(=O)c2c(Br)c(Br)c(Br)c(Br)c2C1=O. The molecule has 22 heavy (non-hydrogen) atoms. The van der Waals surface area contributed by atoms with E-state index in [1.807, 2.05) is 0 Å². The minimum absolute atomic E-state index is 0.124. The number of amides is 2. The van der Waals surface area contributed by atoms with Crippen LogP contribution in [0.2, 0.25) is 0 Å². The number of carboxylic acids is 1. The average Bonchev–Trinajstić information content (AvgIpc) is 2.67. The lowest BCUT2D eigenvalue weighted by molar-refractivity contribution is -0.311. The molecule has 9 heteroatoms. The highest BCUT2D eigenvalue weighted by molar-refractivity contribution is 9.15. The van der Waals surface area contributed by atoms with Gasteiger partial charge < -0.3 is 9.90 Å². The molecule has 5 nitrogen and oxygen atoms in total. The van der Waals surface area contributed by atoms with Gasteiger partial charge in [0.1, 0.15) is 0 Å². The Balaban J connectivity index is 2.71. The van der Waals surface area contributed by atoms with Gasteiger partial charge in [0.25, 0.3) is 11.8 Å². The zero-order valence-corrected chi connectivity index (χ0v) is 17.6. The standard InChI is InChI=1S/C13H9Br4NO4/c1-3(2)10(13(21)22)18-11(19)4-5(12(18)20)7(15)9(17)8(16)6(4)14/h3,10H,1-2H3,(H,21,22)/p-1/t10-/m0/s1. The molecule has 0 aliphatic carbocycles. The Hall–Kier alpha value is -0.250. The van der Waals surface area contributed by atoms with Crippen LogP contribution in [0.25, 0.3) is 0 Å². The summed E-state index contributed by atoms with van der Waals surface area (Å²) in [7, 11) is 0. The molecule has 0 fully saturated rings. The smallest absolute Gasteiger partial charge is 0.263 e. The minimum Gasteiger partial charge on any atom is -0.548 e. The van der Waals surface area contributed by atoms with Crippen LogP contribution in [0.4, 0.5) is 0 Å². The van der Waals surface area contributed by atoms with Crippen LogP contribution in [0.5, 0.6) is 0 Å². The Morgan fingerprint density at radius 3 is 1.55 bits per heavy atom. The molecule has 2 rings (SSSR count). The van der Waals surface area contributed by atoms with Gasteiger partial charge in [-0.05, 0) is 69.6 Å². The van der Waals surface area contributed by atoms with E-state index in [1.54, 1.807) is 13.8 Å². The Bertz CT molecular complexity index is 670. The highest BCUT2D eigenvalue weighted by Gasteiger charge is 2.45. The van der Waals surface area contributed by atoms with Crippen LogP contribution < -0.4 is 5.11 Å². The first-order valence-electron chi connectivity index (χ1n) is 6.05. The number of rotatable bonds is 3. The summed E-state index contributed by atoms with van der Waals surface area (Å²) in [5.41, 5.74) is 0.248. The summed E-state index contributed by atoms with van der Waals surface area (Å²) in [5, 5.41) is 11.4. The van der Waals surface area contributed by atoms with E-state index >= 15 is 0 Å². The van der Waals surface area contributed by atoms with Crippen LogP contribution in [-0.2, 0) is 4.79 Å². The van der Waals surface area contributed by atoms with Crippen LogP contribution in [0, 0.1) is 5.92 Å². The van der Waals surface area contributed by atoms with Crippen molar-refractivity contribution in [2.75, 3.05) is 0 Å². The molecule has 1 aliphatic rings. The molecule has 1 aromatic carbocycles. The third-order valence-electron chi connectivity index (χ3n) is 3.28. The Labute approximate surface area is 159 Å². The second-order valence-electron chi connectivity index (χ2n) is 4.99. The van der Waals surface area contributed by atoms with E-state index in [9.17, 15) is 19.5 Å². The molecule has 1 heterocycles. The fourth-order valence-electron chi connectivity index (χ4n) is 2.29. The molecule has 0 spiro atoms. The number of aliphatic carboxylic acids is 1. The molecule has 0 bridgehead atoms. The molecular weight excluding hydrogens is 554 g/mol. The lowest BCUT2D eigenvalue weighted by atomic mass is 10.0. The van der Waals surface area contributed by atoms with E-state index in [0.717, 1.165) is 4.90 Å². The van der Waals surface area contributed by atoms with E-state index in [4.69, 9.17) is 0 Å². The number of hydrogen-bond donors (Lipinski definition) is 0. The zero-order valence-electron chi connectivity index (χ0n) is 11.2. The Morgan fingerprint density at radius 2 is 1.27 bits per heavy atom. The Morgan fingerprint density at radius 1 is 0.909 bits per heavy atom. The summed E-state index contributed by atoms with van der Waals surface area (Å²) in [6, 6.07) is -1.33. The third-order valence-corrected chi connectivity index (χ3v) is 8.05. The van der Waals surface area contributed by atoms with Crippen molar-refractivity contribution < 1.29 is 19.5 Å². The molecule has 0 aromatic heterocycles. The van der Waals surface area contributed by atoms with Crippen molar-refractivity contribution in [1.29, 1.82) is 0 Å². The molecule has 0 saturated heterocycles. The summed E-state index contributed by atoms with van der Waals surface area (Å²) in [5.74, 6) is -3.26. The number of nitrogens with zero attached hydrogens (tertiary/aromatic N) is 1. The van der Waals surface area contributed by atoms with Crippen molar-refractivity contribution in [2.24, 2.45) is 5.92 Å². The fourth-order valence-corrected chi connectivity index (χ4v) is 4.75. The van der Waals surface area contributed by atoms with Gasteiger partial charge in [0.2, 0.25) is 0 Å². The predicted octanol–water partition coefficient (Wildman–Crippen LogP) is 3.11. The van der Waals surface area contributed by atoms with Gasteiger partial charge in [-0.3, -0.25) is 14.5 Å². The number of halogens is 4. The summed E-state index contributed by atoms with van der Waals surface area (Å²) < 4.78 is 1.88. The maximum Gasteiger partial charge on any atom is 0.263 e. The van der Waals surface area contributed by atoms with E-state index in [-0.39, 0.29) is 11.1 Å². The molecule has 1 aromatic rings. The van der Waals surface area contributed by atoms with Gasteiger partial charge in [0, 0.05) is 17.9 Å². The lowest BCUT2D eigenvalue weighted by Crippen LogP contribution is -2.53. The van der Waals surface area contributed by atoms with E-state index < -0.39 is 29.7 Å². The van der Waals surface area contributed by atoms with Crippen molar-refractivity contribution in [1.82, 2.24) is 4.90 Å². The zero-order chi connectivity index (χ0) is 16.9. The van der Waals surface area contributed by atoms with Gasteiger partial charge in [-0.1, -0.05) is 13.8 Å². The van der Waals surface area contributed by atoms with E-state index in [2.05, 4.69) is 63.7 Å². The van der Waals surface area contributed by atoms with Crippen molar-refractivity contribution in [3.63, 3.8) is 0 Å². The predicted molar refractivity (Wildman–Crippen MR) is 91.4 cm³/mol. The first-order chi connectivity index (χ1) is 10.1. The monoisotopic (exact) mass is 558 g/mol. The van der Waals surface area contributed by atoms with Crippen molar-refractivity contribution >= 4 is 81.5 Å². The summed E-state index contributed by atoms with van der Waals surface area (Å²) in [6.07, 6.45) is 0. The van der Waals surface area contributed by atoms with Gasteiger partial charge in [-0.2, -0.15) is 0 Å². The third kappa shape index (κ3) is 2.59. The van der Waals surface area contributed by atoms with Gasteiger partial charge in [-0.25, -0.2) is 0 Å². The van der Waals surface area contributed by atoms with Crippen molar-refractivity contribution in [3.8, 4) is 0 Å². The fraction of sp³-hybridized carbons (Fsp3) is 0.308. The van der Waals surface area contributed by atoms with E-state index in [1.165, 1.54) is 0 Å². The summed E-state index contributed by atoms with van der Waals surface area (Å²) in [6.45, 7) is 3.22. The van der Waals surface area contributed by atoms with Gasteiger partial charge in [0.05, 0.1) is 23.1 Å². The van der Waals surface area contributed by atoms with Crippen LogP contribution >= 0.6 is 63.7 Å². The maximum atomic E-state index is 12.6. The second kappa shape index (κ2) is 6.33. The normalized spacial score (nSPS) is 15.5. The van der Waals surface area contributed by atoms with Crippen molar-refractivity contribution in [3.05, 3.63) is 29.0 Å². The second-order valence-corrected chi connectivity index (χ2v) is 8.17. The number of fused-ring (bicyclic) bond motifs is 1. The average molecular weight is 562 g/mol. The van der Waals surface area contributed by atoms with E-state index in [0.29, 0.717) is 17.9 Å². The maximum absolute atomic E-state index is 12.6. The molecule has 0 saturated carbocycles. The quantitative estimate of drug-likeness (QED) is 0.323. The number of imide groups is 1. The van der Waals surface area contributed by atoms with Crippen LogP contribution in [0.1, 0.15) is 34.6 Å². The molecule has 118 valence electrons. The molecular formula is C13H8Br4NO4-. The highest BCUT2D eigenvalue weighted by Crippen LogP contribution is 2.45. The Kier molecular flexibility index (Phi) is 5.21. The van der Waals surface area contributed by atoms with Crippen molar-refractivity contribution in [2.45, 2.75) is 19.9 Å². The molecule has 2 amide bonds. The molecule has 1 aliphatic heterocycles. The van der Waals surface area contributed by atoms with Gasteiger partial charge >= 0.3 is 0 Å². The number of benzene rings is 1. The number of carboxylic acid groups (broad SMARTS) is 1. The number of carbonyl (C=O) groups is 3. The minimum atomic E-state index is -1.46. The molecule has 0 radical (unpaired) electrons. The molecule has 1 atom stereocenters. The van der Waals surface area contributed by atoms with Gasteiger partial charge in [-0.15, -0.1) is 0 Å². The first-order valence-corrected chi connectivity index (χ1v) is 9.23. The number of carbonyl (C=O) groups excluding carboxylic acids is 3. The van der Waals surface area contributed by atoms with Crippen LogP contribution in [0.15, 0.2) is 17.9 Å². The topological polar surface area (TPSA) is 77.5 Å². The summed E-state index contributed by atoms with van der Waals surface area (Å²) in [4.78, 5) is 37.4. The molecule has 0 unspecified atom stereocenters. The summed E-state index contributed by atoms with van der Waals surface area (Å²) >= 11 is 13.2. The number of hydrogen-bond acceptors (Lipinski definition) is 4. The highest BCUT2D eigenvalue weighted by atomic mass is 79.9. The van der Waals surface area contributed by atoms with Gasteiger partial charge in [0.15, 0.2) is 0 Å². The largest absolute Gasteiger partial charge is 0.548 e. The first kappa shape index (κ1) is 18.1. The van der Waals surface area contributed by atoms with Crippen LogP contribution in [-0.4, -0.2) is 28.7 Å². The molecule has 0 N–H and O–H groups in total.